The van der Waals surface area contributed by atoms with E-state index in [4.69, 9.17) is 18.9 Å². The standard InChI is InChI=1S/C26H22O4/c1-27-23-9-7-19-11-21(15-29-25(19)13-23)17-3-5-18(6-4-17)22-12-20-8-10-24(28-2)14-26(20)30-16-22/h3-14H,15-16H2,1-2H3. The van der Waals surface area contributed by atoms with Crippen LogP contribution in [0, 0.1) is 0 Å². The average molecular weight is 398 g/mol. The normalized spacial score (nSPS) is 14.3. The van der Waals surface area contributed by atoms with Gasteiger partial charge < -0.3 is 18.9 Å². The predicted octanol–water partition coefficient (Wildman–Crippen LogP) is 5.57. The molecular weight excluding hydrogens is 376 g/mol. The lowest BCUT2D eigenvalue weighted by Crippen LogP contribution is -2.08. The Balaban J connectivity index is 1.39. The van der Waals surface area contributed by atoms with Crippen molar-refractivity contribution in [1.82, 2.24) is 0 Å². The van der Waals surface area contributed by atoms with Crippen molar-refractivity contribution in [2.24, 2.45) is 0 Å². The molecule has 0 radical (unpaired) electrons. The summed E-state index contributed by atoms with van der Waals surface area (Å²) >= 11 is 0. The predicted molar refractivity (Wildman–Crippen MR) is 119 cm³/mol. The van der Waals surface area contributed by atoms with Crippen molar-refractivity contribution in [2.45, 2.75) is 0 Å². The minimum atomic E-state index is 0.542. The average Bonchev–Trinajstić information content (AvgIpc) is 2.82. The van der Waals surface area contributed by atoms with Gasteiger partial charge in [0.1, 0.15) is 36.2 Å². The molecule has 0 unspecified atom stereocenters. The lowest BCUT2D eigenvalue weighted by atomic mass is 9.96. The number of fused-ring (bicyclic) bond motifs is 2. The van der Waals surface area contributed by atoms with Crippen molar-refractivity contribution < 1.29 is 18.9 Å². The Morgan fingerprint density at radius 1 is 0.600 bits per heavy atom. The molecule has 3 aromatic rings. The van der Waals surface area contributed by atoms with Gasteiger partial charge >= 0.3 is 0 Å². The number of hydrogen-bond donors (Lipinski definition) is 0. The first-order chi connectivity index (χ1) is 14.7. The van der Waals surface area contributed by atoms with Crippen molar-refractivity contribution in [1.29, 1.82) is 0 Å². The largest absolute Gasteiger partial charge is 0.497 e. The molecule has 2 aliphatic rings. The zero-order chi connectivity index (χ0) is 20.5. The molecule has 0 aromatic heterocycles. The maximum absolute atomic E-state index is 5.95. The number of methoxy groups -OCH3 is 2. The summed E-state index contributed by atoms with van der Waals surface area (Å²) in [5.41, 5.74) is 6.76. The summed E-state index contributed by atoms with van der Waals surface area (Å²) in [7, 11) is 3.32. The zero-order valence-electron chi connectivity index (χ0n) is 17.0. The first-order valence-corrected chi connectivity index (χ1v) is 9.87. The zero-order valence-corrected chi connectivity index (χ0v) is 17.0. The molecule has 4 nitrogen and oxygen atoms in total. The fraction of sp³-hybridized carbons (Fsp3) is 0.154. The number of rotatable bonds is 4. The highest BCUT2D eigenvalue weighted by Crippen LogP contribution is 2.35. The van der Waals surface area contributed by atoms with E-state index in [1.807, 2.05) is 36.4 Å². The highest BCUT2D eigenvalue weighted by molar-refractivity contribution is 5.88. The van der Waals surface area contributed by atoms with Crippen LogP contribution in [-0.4, -0.2) is 27.4 Å². The van der Waals surface area contributed by atoms with Gasteiger partial charge in [0.15, 0.2) is 0 Å². The first kappa shape index (κ1) is 18.4. The number of benzene rings is 3. The molecule has 0 aliphatic carbocycles. The fourth-order valence-corrected chi connectivity index (χ4v) is 3.77. The van der Waals surface area contributed by atoms with Gasteiger partial charge in [-0.15, -0.1) is 0 Å². The van der Waals surface area contributed by atoms with E-state index in [0.717, 1.165) is 56.4 Å². The molecule has 2 aliphatic heterocycles. The van der Waals surface area contributed by atoms with Gasteiger partial charge in [0, 0.05) is 23.3 Å². The Bertz CT molecular complexity index is 1060. The van der Waals surface area contributed by atoms with Gasteiger partial charge in [-0.25, -0.2) is 0 Å². The Morgan fingerprint density at radius 2 is 1.03 bits per heavy atom. The van der Waals surface area contributed by atoms with Gasteiger partial charge in [0.25, 0.3) is 0 Å². The van der Waals surface area contributed by atoms with Crippen LogP contribution in [0.1, 0.15) is 22.3 Å². The molecule has 30 heavy (non-hydrogen) atoms. The van der Waals surface area contributed by atoms with E-state index in [9.17, 15) is 0 Å². The number of ether oxygens (including phenoxy) is 4. The summed E-state index contributed by atoms with van der Waals surface area (Å²) in [6.07, 6.45) is 4.36. The minimum absolute atomic E-state index is 0.542. The molecule has 0 saturated carbocycles. The van der Waals surface area contributed by atoms with Gasteiger partial charge in [0.05, 0.1) is 14.2 Å². The van der Waals surface area contributed by atoms with Crippen LogP contribution < -0.4 is 18.9 Å². The molecule has 0 atom stereocenters. The molecule has 3 aromatic carbocycles. The van der Waals surface area contributed by atoms with Gasteiger partial charge in [-0.1, -0.05) is 24.3 Å². The van der Waals surface area contributed by atoms with Crippen molar-refractivity contribution >= 4 is 23.3 Å². The van der Waals surface area contributed by atoms with Crippen LogP contribution in [0.25, 0.3) is 23.3 Å². The third kappa shape index (κ3) is 3.41. The Labute approximate surface area is 176 Å². The van der Waals surface area contributed by atoms with Crippen LogP contribution in [0.15, 0.2) is 60.7 Å². The summed E-state index contributed by atoms with van der Waals surface area (Å²) in [6.45, 7) is 1.08. The van der Waals surface area contributed by atoms with Gasteiger partial charge in [-0.2, -0.15) is 0 Å². The van der Waals surface area contributed by atoms with Crippen LogP contribution in [0.4, 0.5) is 0 Å². The molecule has 0 fully saturated rings. The van der Waals surface area contributed by atoms with Crippen LogP contribution in [0.2, 0.25) is 0 Å². The quantitative estimate of drug-likeness (QED) is 0.576. The van der Waals surface area contributed by atoms with E-state index in [-0.39, 0.29) is 0 Å². The van der Waals surface area contributed by atoms with Crippen LogP contribution in [0.3, 0.4) is 0 Å². The first-order valence-electron chi connectivity index (χ1n) is 9.87. The van der Waals surface area contributed by atoms with E-state index >= 15 is 0 Å². The van der Waals surface area contributed by atoms with Crippen LogP contribution in [0.5, 0.6) is 23.0 Å². The highest BCUT2D eigenvalue weighted by atomic mass is 16.5. The van der Waals surface area contributed by atoms with E-state index < -0.39 is 0 Å². The van der Waals surface area contributed by atoms with E-state index in [2.05, 4.69) is 36.4 Å². The molecule has 0 bridgehead atoms. The summed E-state index contributed by atoms with van der Waals surface area (Å²) in [5.74, 6) is 3.32. The maximum Gasteiger partial charge on any atom is 0.130 e. The lowest BCUT2D eigenvalue weighted by molar-refractivity contribution is 0.358. The highest BCUT2D eigenvalue weighted by Gasteiger charge is 2.16. The van der Waals surface area contributed by atoms with Crippen molar-refractivity contribution in [3.63, 3.8) is 0 Å². The molecule has 4 heteroatoms. The topological polar surface area (TPSA) is 36.9 Å². The Morgan fingerprint density at radius 3 is 1.43 bits per heavy atom. The second kappa shape index (κ2) is 7.64. The molecule has 0 N–H and O–H groups in total. The van der Waals surface area contributed by atoms with Gasteiger partial charge in [-0.05, 0) is 58.7 Å². The van der Waals surface area contributed by atoms with Crippen molar-refractivity contribution in [2.75, 3.05) is 27.4 Å². The lowest BCUT2D eigenvalue weighted by Gasteiger charge is -2.20. The SMILES string of the molecule is COc1ccc2c(c1)OCC(c1ccc(C3=Cc4ccc(OC)cc4OC3)cc1)=C2. The van der Waals surface area contributed by atoms with E-state index in [1.165, 1.54) is 0 Å². The van der Waals surface area contributed by atoms with Gasteiger partial charge in [0.2, 0.25) is 0 Å². The maximum atomic E-state index is 5.95. The van der Waals surface area contributed by atoms with Crippen LogP contribution in [-0.2, 0) is 0 Å². The number of hydrogen-bond acceptors (Lipinski definition) is 4. The molecule has 0 saturated heterocycles. The van der Waals surface area contributed by atoms with Crippen LogP contribution >= 0.6 is 0 Å². The molecule has 2 heterocycles. The van der Waals surface area contributed by atoms with Gasteiger partial charge in [-0.3, -0.25) is 0 Å². The second-order valence-electron chi connectivity index (χ2n) is 7.30. The minimum Gasteiger partial charge on any atom is -0.497 e. The van der Waals surface area contributed by atoms with E-state index in [1.54, 1.807) is 14.2 Å². The Hall–Kier alpha value is -3.66. The molecule has 5 rings (SSSR count). The molecular formula is C26H22O4. The third-order valence-corrected chi connectivity index (χ3v) is 5.49. The summed E-state index contributed by atoms with van der Waals surface area (Å²) in [6, 6.07) is 20.4. The Kier molecular flexibility index (Phi) is 4.68. The molecule has 150 valence electrons. The molecule has 0 spiro atoms. The third-order valence-electron chi connectivity index (χ3n) is 5.49. The smallest absolute Gasteiger partial charge is 0.130 e. The summed E-state index contributed by atoms with van der Waals surface area (Å²) in [4.78, 5) is 0. The van der Waals surface area contributed by atoms with Crippen molar-refractivity contribution in [3.8, 4) is 23.0 Å². The van der Waals surface area contributed by atoms with Crippen molar-refractivity contribution in [3.05, 3.63) is 82.9 Å². The van der Waals surface area contributed by atoms with E-state index in [0.29, 0.717) is 13.2 Å². The molecule has 0 amide bonds. The fourth-order valence-electron chi connectivity index (χ4n) is 3.77. The second-order valence-corrected chi connectivity index (χ2v) is 7.30. The summed E-state index contributed by atoms with van der Waals surface area (Å²) in [5, 5.41) is 0. The summed E-state index contributed by atoms with van der Waals surface area (Å²) < 4.78 is 22.4. The monoisotopic (exact) mass is 398 g/mol.